The molecule has 4 nitrogen and oxygen atoms in total. The molecule has 2 aliphatic rings. The average Bonchev–Trinajstić information content (AvgIpc) is 2.29. The van der Waals surface area contributed by atoms with Gasteiger partial charge in [0.25, 0.3) is 11.1 Å². The van der Waals surface area contributed by atoms with Crippen LogP contribution in [0.25, 0.3) is 0 Å². The molecule has 0 bridgehead atoms. The second kappa shape index (κ2) is 2.34. The first-order chi connectivity index (χ1) is 5.79. The lowest BCUT2D eigenvalue weighted by atomic mass is 10.4. The zero-order valence-corrected chi connectivity index (χ0v) is 6.13. The number of hydrogen-bond acceptors (Lipinski definition) is 2. The zero-order valence-electron chi connectivity index (χ0n) is 6.13. The maximum absolute atomic E-state index is 11.1. The van der Waals surface area contributed by atoms with Crippen molar-refractivity contribution in [1.82, 2.24) is 9.97 Å². The van der Waals surface area contributed by atoms with Gasteiger partial charge in [0.1, 0.15) is 5.35 Å². The van der Waals surface area contributed by atoms with Crippen LogP contribution in [0.1, 0.15) is 0 Å². The van der Waals surface area contributed by atoms with E-state index in [1.54, 1.807) is 24.4 Å². The molecule has 0 saturated heterocycles. The van der Waals surface area contributed by atoms with Crippen molar-refractivity contribution in [2.45, 2.75) is 0 Å². The van der Waals surface area contributed by atoms with Gasteiger partial charge in [-0.15, -0.1) is 0 Å². The van der Waals surface area contributed by atoms with Crippen LogP contribution in [0.2, 0.25) is 0 Å². The monoisotopic (exact) mass is 162 g/mol. The largest absolute Gasteiger partial charge is 0.357 e. The lowest BCUT2D eigenvalue weighted by Crippen LogP contribution is -2.08. The summed E-state index contributed by atoms with van der Waals surface area (Å²) in [4.78, 5) is 27.0. The molecule has 2 heterocycles. The van der Waals surface area contributed by atoms with Gasteiger partial charge in [-0.2, -0.15) is 0 Å². The summed E-state index contributed by atoms with van der Waals surface area (Å²) in [5.41, 5.74) is -0.714. The first-order valence-electron chi connectivity index (χ1n) is 3.49. The summed E-state index contributed by atoms with van der Waals surface area (Å²) in [5.74, 6) is 0. The van der Waals surface area contributed by atoms with Gasteiger partial charge in [-0.05, 0) is 12.1 Å². The van der Waals surface area contributed by atoms with Gasteiger partial charge in [-0.25, -0.2) is 0 Å². The molecule has 0 aliphatic carbocycles. The van der Waals surface area contributed by atoms with E-state index in [4.69, 9.17) is 0 Å². The molecule has 0 atom stereocenters. The Bertz CT molecular complexity index is 519. The first-order valence-corrected chi connectivity index (χ1v) is 3.49. The average molecular weight is 162 g/mol. The number of rotatable bonds is 0. The van der Waals surface area contributed by atoms with Gasteiger partial charge in [0, 0.05) is 6.20 Å². The zero-order chi connectivity index (χ0) is 8.55. The molecule has 4 heteroatoms. The fourth-order valence-corrected chi connectivity index (χ4v) is 1.11. The molecule has 0 unspecified atom stereocenters. The number of H-pyrrole nitrogens is 2. The van der Waals surface area contributed by atoms with E-state index >= 15 is 0 Å². The minimum absolute atomic E-state index is 0.324. The van der Waals surface area contributed by atoms with Gasteiger partial charge in [0.05, 0.1) is 5.22 Å². The Morgan fingerprint density at radius 3 is 2.75 bits per heavy atom. The Morgan fingerprint density at radius 2 is 1.92 bits per heavy atom. The molecular weight excluding hydrogens is 156 g/mol. The third-order valence-corrected chi connectivity index (χ3v) is 1.67. The number of aromatic amines is 2. The SMILES string of the molecule is O=c1[nH]c(=O)c2[nH]ccccc1=2. The highest BCUT2D eigenvalue weighted by Gasteiger charge is 1.97. The van der Waals surface area contributed by atoms with Crippen LogP contribution in [0.5, 0.6) is 0 Å². The smallest absolute Gasteiger partial charge is 0.275 e. The van der Waals surface area contributed by atoms with Gasteiger partial charge < -0.3 is 4.98 Å². The maximum Gasteiger partial charge on any atom is 0.275 e. The molecule has 2 N–H and O–H groups in total. The summed E-state index contributed by atoms with van der Waals surface area (Å²) in [6.07, 6.45) is 1.61. The Morgan fingerprint density at radius 1 is 1.08 bits per heavy atom. The van der Waals surface area contributed by atoms with Crippen LogP contribution < -0.4 is 11.1 Å². The molecule has 0 fully saturated rings. The van der Waals surface area contributed by atoms with Gasteiger partial charge in [-0.3, -0.25) is 14.6 Å². The summed E-state index contributed by atoms with van der Waals surface area (Å²) in [6.45, 7) is 0. The van der Waals surface area contributed by atoms with Crippen LogP contribution in [-0.2, 0) is 0 Å². The van der Waals surface area contributed by atoms with Crippen molar-refractivity contribution in [3.05, 3.63) is 55.7 Å². The van der Waals surface area contributed by atoms with E-state index in [2.05, 4.69) is 9.97 Å². The normalized spacial score (nSPS) is 10.3. The molecule has 2 aliphatic heterocycles. The van der Waals surface area contributed by atoms with E-state index in [1.807, 2.05) is 0 Å². The van der Waals surface area contributed by atoms with E-state index in [9.17, 15) is 9.59 Å². The third-order valence-electron chi connectivity index (χ3n) is 1.67. The maximum atomic E-state index is 11.1. The lowest BCUT2D eigenvalue weighted by Gasteiger charge is -1.68. The fraction of sp³-hybridized carbons (Fsp3) is 0. The van der Waals surface area contributed by atoms with Crippen LogP contribution in [0.15, 0.2) is 34.0 Å². The van der Waals surface area contributed by atoms with Crippen LogP contribution in [0.4, 0.5) is 0 Å². The molecular formula is C8H6N2O2. The highest BCUT2D eigenvalue weighted by Crippen LogP contribution is 1.82. The Hall–Kier alpha value is -1.84. The molecule has 0 aromatic rings. The van der Waals surface area contributed by atoms with Gasteiger partial charge >= 0.3 is 0 Å². The number of hydrogen-bond donors (Lipinski definition) is 2. The third kappa shape index (κ3) is 0.852. The Balaban J connectivity index is 3.29. The number of nitrogens with one attached hydrogen (secondary N) is 2. The summed E-state index contributed by atoms with van der Waals surface area (Å²) in [5, 5.41) is 0.718. The van der Waals surface area contributed by atoms with E-state index in [-0.39, 0.29) is 11.1 Å². The summed E-state index contributed by atoms with van der Waals surface area (Å²) >= 11 is 0. The van der Waals surface area contributed by atoms with Crippen molar-refractivity contribution in [2.75, 3.05) is 0 Å². The minimum Gasteiger partial charge on any atom is -0.357 e. The van der Waals surface area contributed by atoms with Crippen LogP contribution in [0.3, 0.4) is 0 Å². The quantitative estimate of drug-likeness (QED) is 0.562. The van der Waals surface area contributed by atoms with Crippen molar-refractivity contribution in [3.63, 3.8) is 0 Å². The topological polar surface area (TPSA) is 65.7 Å². The first kappa shape index (κ1) is 6.84. The van der Waals surface area contributed by atoms with E-state index < -0.39 is 0 Å². The molecule has 12 heavy (non-hydrogen) atoms. The van der Waals surface area contributed by atoms with E-state index in [1.165, 1.54) is 0 Å². The number of aromatic nitrogens is 2. The van der Waals surface area contributed by atoms with Gasteiger partial charge in [-0.1, -0.05) is 6.07 Å². The Kier molecular flexibility index (Phi) is 1.33. The molecule has 0 saturated carbocycles. The Labute approximate surface area is 66.5 Å². The summed E-state index contributed by atoms with van der Waals surface area (Å²) in [6, 6.07) is 5.03. The van der Waals surface area contributed by atoms with Crippen molar-refractivity contribution in [2.24, 2.45) is 0 Å². The molecule has 60 valence electrons. The second-order valence-corrected chi connectivity index (χ2v) is 2.43. The molecule has 0 spiro atoms. The highest BCUT2D eigenvalue weighted by molar-refractivity contribution is 5.04. The molecule has 0 aromatic heterocycles. The van der Waals surface area contributed by atoms with Crippen molar-refractivity contribution < 1.29 is 0 Å². The van der Waals surface area contributed by atoms with Gasteiger partial charge in [0.15, 0.2) is 0 Å². The van der Waals surface area contributed by atoms with Crippen LogP contribution >= 0.6 is 0 Å². The molecule has 0 radical (unpaired) electrons. The molecule has 0 aromatic carbocycles. The van der Waals surface area contributed by atoms with Crippen LogP contribution in [0, 0.1) is 10.6 Å². The lowest BCUT2D eigenvalue weighted by molar-refractivity contribution is 1.18. The van der Waals surface area contributed by atoms with E-state index in [0.29, 0.717) is 10.6 Å². The predicted octanol–water partition coefficient (Wildman–Crippen LogP) is -0.212. The summed E-state index contributed by atoms with van der Waals surface area (Å²) in [7, 11) is 0. The standard InChI is InChI=1S/C8H6N2O2/c11-7-5-3-1-2-4-9-6(5)8(12)10-7/h1-4,9H,(H,10,11,12). The van der Waals surface area contributed by atoms with Crippen LogP contribution in [-0.4, -0.2) is 9.97 Å². The van der Waals surface area contributed by atoms with Crippen molar-refractivity contribution in [1.29, 1.82) is 0 Å². The fourth-order valence-electron chi connectivity index (χ4n) is 1.11. The second-order valence-electron chi connectivity index (χ2n) is 2.43. The van der Waals surface area contributed by atoms with E-state index in [0.717, 1.165) is 0 Å². The minimum atomic E-state index is -0.369. The van der Waals surface area contributed by atoms with Crippen molar-refractivity contribution in [3.8, 4) is 0 Å². The summed E-state index contributed by atoms with van der Waals surface area (Å²) < 4.78 is 0. The highest BCUT2D eigenvalue weighted by atomic mass is 16.2. The predicted molar refractivity (Wildman–Crippen MR) is 43.0 cm³/mol. The van der Waals surface area contributed by atoms with Crippen molar-refractivity contribution >= 4 is 0 Å². The van der Waals surface area contributed by atoms with Gasteiger partial charge in [0.2, 0.25) is 0 Å². The molecule has 2 rings (SSSR count). The molecule has 0 amide bonds.